The molecule has 1 fully saturated rings. The lowest BCUT2D eigenvalue weighted by Crippen LogP contribution is -2.34. The largest absolute Gasteiger partial charge is 0.451 e. The summed E-state index contributed by atoms with van der Waals surface area (Å²) in [4.78, 5) is 23.8. The van der Waals surface area contributed by atoms with E-state index in [9.17, 15) is 9.59 Å². The molecule has 114 valence electrons. The van der Waals surface area contributed by atoms with Crippen LogP contribution in [0.2, 0.25) is 0 Å². The minimum atomic E-state index is -0.866. The Morgan fingerprint density at radius 2 is 2.24 bits per heavy atom. The summed E-state index contributed by atoms with van der Waals surface area (Å²) in [6.45, 7) is 4.07. The Hall–Kier alpha value is -1.40. The van der Waals surface area contributed by atoms with Gasteiger partial charge < -0.3 is 14.8 Å². The molecule has 5 nitrogen and oxygen atoms in total. The van der Waals surface area contributed by atoms with Crippen LogP contribution in [-0.4, -0.2) is 30.7 Å². The van der Waals surface area contributed by atoms with Crippen LogP contribution >= 0.6 is 15.9 Å². The first-order chi connectivity index (χ1) is 9.97. The lowest BCUT2D eigenvalue weighted by atomic mass is 10.2. The van der Waals surface area contributed by atoms with Gasteiger partial charge in [0.2, 0.25) is 0 Å². The fraction of sp³-hybridized carbons (Fsp3) is 0.467. The molecule has 1 N–H and O–H groups in total. The van der Waals surface area contributed by atoms with Gasteiger partial charge in [0.25, 0.3) is 5.91 Å². The minimum absolute atomic E-state index is 0.370. The van der Waals surface area contributed by atoms with Gasteiger partial charge in [-0.25, -0.2) is 4.79 Å². The summed E-state index contributed by atoms with van der Waals surface area (Å²) in [5, 5.41) is 2.73. The summed E-state index contributed by atoms with van der Waals surface area (Å²) < 4.78 is 11.2. The quantitative estimate of drug-likeness (QED) is 0.843. The average Bonchev–Trinajstić information content (AvgIpc) is 2.95. The SMILES string of the molecule is Cc1ccc(NC(=O)[C@H](C)OC(=O)[C@H]2CCCO2)c(Br)c1. The number of benzene rings is 1. The van der Waals surface area contributed by atoms with Crippen molar-refractivity contribution in [3.05, 3.63) is 28.2 Å². The van der Waals surface area contributed by atoms with Gasteiger partial charge in [-0.15, -0.1) is 0 Å². The molecule has 0 bridgehead atoms. The molecular weight excluding hydrogens is 338 g/mol. The summed E-state index contributed by atoms with van der Waals surface area (Å²) in [5.74, 6) is -0.843. The summed E-state index contributed by atoms with van der Waals surface area (Å²) in [5.41, 5.74) is 1.73. The predicted molar refractivity (Wildman–Crippen MR) is 82.0 cm³/mol. The van der Waals surface area contributed by atoms with Crippen molar-refractivity contribution >= 4 is 33.5 Å². The second kappa shape index (κ2) is 7.04. The smallest absolute Gasteiger partial charge is 0.336 e. The molecule has 1 aliphatic rings. The minimum Gasteiger partial charge on any atom is -0.451 e. The zero-order valence-electron chi connectivity index (χ0n) is 12.0. The molecule has 1 saturated heterocycles. The molecule has 0 aliphatic carbocycles. The van der Waals surface area contributed by atoms with E-state index in [1.807, 2.05) is 19.1 Å². The van der Waals surface area contributed by atoms with Gasteiger partial charge in [0.05, 0.1) is 5.69 Å². The first-order valence-electron chi connectivity index (χ1n) is 6.86. The van der Waals surface area contributed by atoms with E-state index >= 15 is 0 Å². The fourth-order valence-corrected chi connectivity index (χ4v) is 2.62. The number of anilines is 1. The van der Waals surface area contributed by atoms with Crippen LogP contribution in [0.5, 0.6) is 0 Å². The van der Waals surface area contributed by atoms with Crippen molar-refractivity contribution < 1.29 is 19.1 Å². The normalized spacial score (nSPS) is 19.1. The van der Waals surface area contributed by atoms with Gasteiger partial charge in [-0.2, -0.15) is 0 Å². The highest BCUT2D eigenvalue weighted by Crippen LogP contribution is 2.23. The number of halogens is 1. The van der Waals surface area contributed by atoms with Crippen LogP contribution in [0.3, 0.4) is 0 Å². The van der Waals surface area contributed by atoms with Gasteiger partial charge in [-0.1, -0.05) is 6.07 Å². The Morgan fingerprint density at radius 3 is 2.86 bits per heavy atom. The van der Waals surface area contributed by atoms with E-state index in [1.165, 1.54) is 0 Å². The van der Waals surface area contributed by atoms with Crippen molar-refractivity contribution in [2.24, 2.45) is 0 Å². The molecule has 0 unspecified atom stereocenters. The molecule has 0 spiro atoms. The van der Waals surface area contributed by atoms with Crippen LogP contribution in [0.4, 0.5) is 5.69 Å². The van der Waals surface area contributed by atoms with Crippen LogP contribution in [0, 0.1) is 6.92 Å². The molecule has 1 amide bonds. The number of carbonyl (C=O) groups is 2. The summed E-state index contributed by atoms with van der Waals surface area (Å²) in [6, 6.07) is 5.59. The molecule has 1 aromatic rings. The number of aryl methyl sites for hydroxylation is 1. The molecule has 1 aromatic carbocycles. The zero-order chi connectivity index (χ0) is 15.4. The second-order valence-corrected chi connectivity index (χ2v) is 5.91. The van der Waals surface area contributed by atoms with E-state index in [0.717, 1.165) is 16.5 Å². The summed E-state index contributed by atoms with van der Waals surface area (Å²) in [7, 11) is 0. The summed E-state index contributed by atoms with van der Waals surface area (Å²) in [6.07, 6.45) is 0.0918. The standard InChI is InChI=1S/C15H18BrNO4/c1-9-5-6-12(11(16)8-9)17-14(18)10(2)21-15(19)13-4-3-7-20-13/h5-6,8,10,13H,3-4,7H2,1-2H3,(H,17,18)/t10-,13+/m0/s1. The number of hydrogen-bond donors (Lipinski definition) is 1. The highest BCUT2D eigenvalue weighted by Gasteiger charge is 2.28. The van der Waals surface area contributed by atoms with Crippen LogP contribution in [0.25, 0.3) is 0 Å². The van der Waals surface area contributed by atoms with Gasteiger partial charge in [0.1, 0.15) is 0 Å². The van der Waals surface area contributed by atoms with E-state index in [1.54, 1.807) is 13.0 Å². The van der Waals surface area contributed by atoms with Gasteiger partial charge in [0, 0.05) is 11.1 Å². The van der Waals surface area contributed by atoms with E-state index in [0.29, 0.717) is 18.7 Å². The number of amides is 1. The molecule has 0 aromatic heterocycles. The molecular formula is C15H18BrNO4. The number of nitrogens with one attached hydrogen (secondary N) is 1. The fourth-order valence-electron chi connectivity index (χ4n) is 2.02. The Labute approximate surface area is 132 Å². The van der Waals surface area contributed by atoms with Crippen molar-refractivity contribution in [3.8, 4) is 0 Å². The molecule has 1 aliphatic heterocycles. The Balaban J connectivity index is 1.91. The van der Waals surface area contributed by atoms with Crippen molar-refractivity contribution in [1.29, 1.82) is 0 Å². The Bertz CT molecular complexity index is 540. The lowest BCUT2D eigenvalue weighted by molar-refractivity contribution is -0.162. The summed E-state index contributed by atoms with van der Waals surface area (Å²) >= 11 is 3.39. The molecule has 2 rings (SSSR count). The van der Waals surface area contributed by atoms with Crippen LogP contribution in [0.15, 0.2) is 22.7 Å². The van der Waals surface area contributed by atoms with Gasteiger partial charge >= 0.3 is 5.97 Å². The van der Waals surface area contributed by atoms with Crippen molar-refractivity contribution in [2.75, 3.05) is 11.9 Å². The van der Waals surface area contributed by atoms with E-state index in [-0.39, 0.29) is 5.91 Å². The molecule has 0 radical (unpaired) electrons. The van der Waals surface area contributed by atoms with Gasteiger partial charge in [-0.3, -0.25) is 4.79 Å². The monoisotopic (exact) mass is 355 g/mol. The first kappa shape index (κ1) is 16.0. The highest BCUT2D eigenvalue weighted by atomic mass is 79.9. The number of carbonyl (C=O) groups excluding carboxylic acids is 2. The maximum Gasteiger partial charge on any atom is 0.336 e. The molecule has 1 heterocycles. The van der Waals surface area contributed by atoms with E-state index in [2.05, 4.69) is 21.2 Å². The molecule has 6 heteroatoms. The molecule has 0 saturated carbocycles. The highest BCUT2D eigenvalue weighted by molar-refractivity contribution is 9.10. The third kappa shape index (κ3) is 4.28. The molecule has 2 atom stereocenters. The van der Waals surface area contributed by atoms with Crippen LogP contribution in [-0.2, 0) is 19.1 Å². The first-order valence-corrected chi connectivity index (χ1v) is 7.66. The van der Waals surface area contributed by atoms with Crippen LogP contribution < -0.4 is 5.32 Å². The van der Waals surface area contributed by atoms with Crippen molar-refractivity contribution in [1.82, 2.24) is 0 Å². The van der Waals surface area contributed by atoms with Crippen molar-refractivity contribution in [3.63, 3.8) is 0 Å². The Morgan fingerprint density at radius 1 is 1.48 bits per heavy atom. The Kier molecular flexibility index (Phi) is 5.36. The third-order valence-electron chi connectivity index (χ3n) is 3.24. The number of ether oxygens (including phenoxy) is 2. The van der Waals surface area contributed by atoms with Gasteiger partial charge in [-0.05, 0) is 60.3 Å². The molecule has 21 heavy (non-hydrogen) atoms. The lowest BCUT2D eigenvalue weighted by Gasteiger charge is -2.16. The topological polar surface area (TPSA) is 64.6 Å². The average molecular weight is 356 g/mol. The second-order valence-electron chi connectivity index (χ2n) is 5.05. The number of esters is 1. The number of rotatable bonds is 4. The number of hydrogen-bond acceptors (Lipinski definition) is 4. The van der Waals surface area contributed by atoms with Gasteiger partial charge in [0.15, 0.2) is 12.2 Å². The zero-order valence-corrected chi connectivity index (χ0v) is 13.6. The van der Waals surface area contributed by atoms with E-state index in [4.69, 9.17) is 9.47 Å². The van der Waals surface area contributed by atoms with E-state index < -0.39 is 18.2 Å². The van der Waals surface area contributed by atoms with Crippen LogP contribution in [0.1, 0.15) is 25.3 Å². The van der Waals surface area contributed by atoms with Crippen molar-refractivity contribution in [2.45, 2.75) is 38.9 Å². The maximum atomic E-state index is 12.0. The predicted octanol–water partition coefficient (Wildman–Crippen LogP) is 2.81. The third-order valence-corrected chi connectivity index (χ3v) is 3.89. The maximum absolute atomic E-state index is 12.0.